The van der Waals surface area contributed by atoms with Crippen molar-refractivity contribution in [1.82, 2.24) is 20.2 Å². The van der Waals surface area contributed by atoms with Crippen LogP contribution in [0.15, 0.2) is 65.6 Å². The molecular weight excluding hydrogens is 472 g/mol. The first-order chi connectivity index (χ1) is 17.7. The molecule has 190 valence electrons. The molecule has 1 aliphatic heterocycles. The molecular formula is C28H34N4O3S. The zero-order valence-corrected chi connectivity index (χ0v) is 21.4. The Bertz CT molecular complexity index is 1220. The molecule has 36 heavy (non-hydrogen) atoms. The number of hydrogen-bond acceptors (Lipinski definition) is 6. The van der Waals surface area contributed by atoms with Gasteiger partial charge in [0.15, 0.2) is 0 Å². The molecule has 0 bridgehead atoms. The average molecular weight is 507 g/mol. The number of pyridine rings is 2. The van der Waals surface area contributed by atoms with Crippen molar-refractivity contribution >= 4 is 28.6 Å². The zero-order chi connectivity index (χ0) is 25.0. The molecule has 1 saturated heterocycles. The maximum absolute atomic E-state index is 12.1. The van der Waals surface area contributed by atoms with Gasteiger partial charge in [0, 0.05) is 60.2 Å². The van der Waals surface area contributed by atoms with Crippen LogP contribution >= 0.6 is 11.8 Å². The first kappa shape index (κ1) is 26.0. The van der Waals surface area contributed by atoms with E-state index in [1.807, 2.05) is 48.6 Å². The molecule has 3 aromatic rings. The van der Waals surface area contributed by atoms with E-state index in [0.717, 1.165) is 36.1 Å². The highest BCUT2D eigenvalue weighted by atomic mass is 32.2. The van der Waals surface area contributed by atoms with E-state index >= 15 is 0 Å². The normalized spacial score (nSPS) is 14.3. The van der Waals surface area contributed by atoms with Gasteiger partial charge in [-0.05, 0) is 55.3 Å². The number of hydrogen-bond donors (Lipinski definition) is 2. The van der Waals surface area contributed by atoms with Crippen molar-refractivity contribution in [2.45, 2.75) is 38.0 Å². The SMILES string of the molecule is O=C(CCSCc1cc(=O)[nH]c2ccccc12)NC/C=C\COc1cc(CN2CCCCC2)ccn1. The van der Waals surface area contributed by atoms with Crippen molar-refractivity contribution in [3.05, 3.63) is 82.3 Å². The number of thioether (sulfide) groups is 1. The number of benzene rings is 1. The fourth-order valence-electron chi connectivity index (χ4n) is 4.29. The largest absolute Gasteiger partial charge is 0.473 e. The molecule has 0 unspecified atom stereocenters. The smallest absolute Gasteiger partial charge is 0.248 e. The quantitative estimate of drug-likeness (QED) is 0.282. The van der Waals surface area contributed by atoms with Gasteiger partial charge in [-0.2, -0.15) is 11.8 Å². The van der Waals surface area contributed by atoms with Gasteiger partial charge in [-0.15, -0.1) is 0 Å². The number of H-pyrrole nitrogens is 1. The maximum Gasteiger partial charge on any atom is 0.248 e. The number of rotatable bonds is 12. The Morgan fingerprint density at radius 2 is 2.00 bits per heavy atom. The maximum atomic E-state index is 12.1. The highest BCUT2D eigenvalue weighted by Crippen LogP contribution is 2.20. The van der Waals surface area contributed by atoms with Crippen molar-refractivity contribution in [2.24, 2.45) is 0 Å². The fraction of sp³-hybridized carbons (Fsp3) is 0.393. The molecule has 0 saturated carbocycles. The summed E-state index contributed by atoms with van der Waals surface area (Å²) in [5, 5.41) is 3.95. The Hall–Kier alpha value is -3.10. The second kappa shape index (κ2) is 13.8. The van der Waals surface area contributed by atoms with E-state index in [-0.39, 0.29) is 11.5 Å². The van der Waals surface area contributed by atoms with Crippen LogP contribution in [0.1, 0.15) is 36.8 Å². The van der Waals surface area contributed by atoms with Gasteiger partial charge in [-0.3, -0.25) is 14.5 Å². The van der Waals surface area contributed by atoms with Crippen molar-refractivity contribution < 1.29 is 9.53 Å². The molecule has 0 spiro atoms. The second-order valence-corrected chi connectivity index (χ2v) is 10.0. The monoisotopic (exact) mass is 506 g/mol. The second-order valence-electron chi connectivity index (χ2n) is 8.93. The summed E-state index contributed by atoms with van der Waals surface area (Å²) in [7, 11) is 0. The number of para-hydroxylation sites is 1. The van der Waals surface area contributed by atoms with Gasteiger partial charge >= 0.3 is 0 Å². The lowest BCUT2D eigenvalue weighted by Crippen LogP contribution is -2.29. The average Bonchev–Trinajstić information content (AvgIpc) is 2.89. The van der Waals surface area contributed by atoms with Crippen LogP contribution in [0.25, 0.3) is 10.9 Å². The Morgan fingerprint density at radius 1 is 1.14 bits per heavy atom. The molecule has 1 amide bonds. The summed E-state index contributed by atoms with van der Waals surface area (Å²) in [6.45, 7) is 4.15. The summed E-state index contributed by atoms with van der Waals surface area (Å²) >= 11 is 1.65. The lowest BCUT2D eigenvalue weighted by Gasteiger charge is -2.26. The lowest BCUT2D eigenvalue weighted by atomic mass is 10.1. The van der Waals surface area contributed by atoms with Crippen molar-refractivity contribution in [3.63, 3.8) is 0 Å². The first-order valence-electron chi connectivity index (χ1n) is 12.6. The van der Waals surface area contributed by atoms with Gasteiger partial charge in [-0.1, -0.05) is 30.7 Å². The molecule has 8 heteroatoms. The Kier molecular flexibility index (Phi) is 9.99. The van der Waals surface area contributed by atoms with Crippen LogP contribution in [0.3, 0.4) is 0 Å². The summed E-state index contributed by atoms with van der Waals surface area (Å²) in [6.07, 6.45) is 9.92. The van der Waals surface area contributed by atoms with Gasteiger partial charge in [0.2, 0.25) is 17.3 Å². The summed E-state index contributed by atoms with van der Waals surface area (Å²) in [5.41, 5.74) is 2.96. The number of carbonyl (C=O) groups is 1. The van der Waals surface area contributed by atoms with E-state index in [1.165, 1.54) is 24.8 Å². The van der Waals surface area contributed by atoms with Crippen LogP contribution in [0.5, 0.6) is 5.88 Å². The van der Waals surface area contributed by atoms with Crippen LogP contribution in [-0.4, -0.2) is 52.8 Å². The van der Waals surface area contributed by atoms with Gasteiger partial charge in [0.05, 0.1) is 0 Å². The van der Waals surface area contributed by atoms with E-state index in [0.29, 0.717) is 37.0 Å². The summed E-state index contributed by atoms with van der Waals surface area (Å²) in [4.78, 5) is 33.6. The number of piperidine rings is 1. The number of fused-ring (bicyclic) bond motifs is 1. The summed E-state index contributed by atoms with van der Waals surface area (Å²) < 4.78 is 5.75. The molecule has 0 aliphatic carbocycles. The van der Waals surface area contributed by atoms with E-state index < -0.39 is 0 Å². The molecule has 7 nitrogen and oxygen atoms in total. The Morgan fingerprint density at radius 3 is 2.89 bits per heavy atom. The third kappa shape index (κ3) is 8.24. The van der Waals surface area contributed by atoms with E-state index in [9.17, 15) is 9.59 Å². The highest BCUT2D eigenvalue weighted by Gasteiger charge is 2.11. The summed E-state index contributed by atoms with van der Waals surface area (Å²) in [5.74, 6) is 2.03. The minimum Gasteiger partial charge on any atom is -0.473 e. The van der Waals surface area contributed by atoms with Gasteiger partial charge < -0.3 is 15.0 Å². The van der Waals surface area contributed by atoms with Crippen molar-refractivity contribution in [2.75, 3.05) is 32.0 Å². The topological polar surface area (TPSA) is 87.3 Å². The van der Waals surface area contributed by atoms with E-state index in [2.05, 4.69) is 20.2 Å². The van der Waals surface area contributed by atoms with Crippen LogP contribution in [0, 0.1) is 0 Å². The fourth-order valence-corrected chi connectivity index (χ4v) is 5.23. The molecule has 1 fully saturated rings. The van der Waals surface area contributed by atoms with Gasteiger partial charge in [0.25, 0.3) is 0 Å². The molecule has 2 N–H and O–H groups in total. The predicted molar refractivity (Wildman–Crippen MR) is 146 cm³/mol. The van der Waals surface area contributed by atoms with Gasteiger partial charge in [0.1, 0.15) is 6.61 Å². The third-order valence-corrected chi connectivity index (χ3v) is 7.14. The number of likely N-dealkylation sites (tertiary alicyclic amines) is 1. The number of aromatic amines is 1. The minimum atomic E-state index is -0.0984. The van der Waals surface area contributed by atoms with E-state index in [4.69, 9.17) is 4.74 Å². The molecule has 1 aromatic carbocycles. The third-order valence-electron chi connectivity index (χ3n) is 6.13. The molecule has 3 heterocycles. The number of aromatic nitrogens is 2. The first-order valence-corrected chi connectivity index (χ1v) is 13.7. The number of ether oxygens (including phenoxy) is 1. The highest BCUT2D eigenvalue weighted by molar-refractivity contribution is 7.98. The lowest BCUT2D eigenvalue weighted by molar-refractivity contribution is -0.120. The molecule has 4 rings (SSSR count). The number of carbonyl (C=O) groups excluding carboxylic acids is 1. The summed E-state index contributed by atoms with van der Waals surface area (Å²) in [6, 6.07) is 13.5. The zero-order valence-electron chi connectivity index (χ0n) is 20.6. The van der Waals surface area contributed by atoms with Crippen LogP contribution in [0.2, 0.25) is 0 Å². The minimum absolute atomic E-state index is 0.0101. The van der Waals surface area contributed by atoms with Crippen LogP contribution in [0.4, 0.5) is 0 Å². The van der Waals surface area contributed by atoms with Crippen LogP contribution < -0.4 is 15.6 Å². The van der Waals surface area contributed by atoms with Crippen molar-refractivity contribution in [1.29, 1.82) is 0 Å². The standard InChI is InChI=1S/C28H34N4O3S/c33-26(11-17-36-21-23-19-27(34)31-25-9-3-2-8-24(23)25)29-12-4-7-16-35-28-18-22(10-13-30-28)20-32-14-5-1-6-15-32/h2-4,7-10,13,18-19H,1,5-6,11-12,14-17,20-21H2,(H,29,33)(H,31,34)/b7-4-. The molecule has 0 atom stereocenters. The van der Waals surface area contributed by atoms with E-state index in [1.54, 1.807) is 24.0 Å². The molecule has 0 radical (unpaired) electrons. The number of nitrogens with zero attached hydrogens (tertiary/aromatic N) is 2. The number of amides is 1. The number of nitrogens with one attached hydrogen (secondary N) is 2. The molecule has 1 aliphatic rings. The predicted octanol–water partition coefficient (Wildman–Crippen LogP) is 4.28. The molecule has 2 aromatic heterocycles. The van der Waals surface area contributed by atoms with Gasteiger partial charge in [-0.25, -0.2) is 4.98 Å². The Balaban J connectivity index is 1.10. The van der Waals surface area contributed by atoms with Crippen molar-refractivity contribution in [3.8, 4) is 5.88 Å². The van der Waals surface area contributed by atoms with Crippen LogP contribution in [-0.2, 0) is 17.1 Å². The Labute approximate surface area is 216 Å².